The van der Waals surface area contributed by atoms with Crippen LogP contribution in [0.1, 0.15) is 16.2 Å². The average molecular weight is 379 g/mol. The number of furan rings is 1. The molecule has 140 valence electrons. The molecule has 8 nitrogen and oxygen atoms in total. The predicted molar refractivity (Wildman–Crippen MR) is 95.3 cm³/mol. The molecule has 9 heteroatoms. The molecule has 3 heterocycles. The van der Waals surface area contributed by atoms with Gasteiger partial charge in [0.2, 0.25) is 0 Å². The molecule has 1 atom stereocenters. The summed E-state index contributed by atoms with van der Waals surface area (Å²) in [6, 6.07) is 3.70. The summed E-state index contributed by atoms with van der Waals surface area (Å²) in [6.07, 6.45) is -0.220. The van der Waals surface area contributed by atoms with Crippen LogP contribution in [0, 0.1) is 6.92 Å². The summed E-state index contributed by atoms with van der Waals surface area (Å²) >= 11 is 1.37. The summed E-state index contributed by atoms with van der Waals surface area (Å²) in [5.41, 5.74) is 0.388. The third-order valence-electron chi connectivity index (χ3n) is 4.02. The van der Waals surface area contributed by atoms with Crippen molar-refractivity contribution in [2.24, 2.45) is 0 Å². The van der Waals surface area contributed by atoms with Crippen LogP contribution in [-0.2, 0) is 9.53 Å². The van der Waals surface area contributed by atoms with Crippen LogP contribution < -0.4 is 0 Å². The zero-order valence-electron chi connectivity index (χ0n) is 14.7. The molecule has 1 aliphatic rings. The number of carbonyl (C=O) groups is 2. The molecular formula is C17H21N3O5S. The third kappa shape index (κ3) is 4.48. The minimum Gasteiger partial charge on any atom is -0.480 e. The number of carboxylic acids is 1. The van der Waals surface area contributed by atoms with Crippen LogP contribution in [0.2, 0.25) is 0 Å². The Morgan fingerprint density at radius 1 is 1.46 bits per heavy atom. The fraction of sp³-hybridized carbons (Fsp3) is 0.471. The van der Waals surface area contributed by atoms with E-state index in [9.17, 15) is 9.59 Å². The molecule has 2 aromatic rings. The maximum atomic E-state index is 12.7. The van der Waals surface area contributed by atoms with Gasteiger partial charge in [-0.2, -0.15) is 0 Å². The van der Waals surface area contributed by atoms with Gasteiger partial charge in [0, 0.05) is 25.0 Å². The lowest BCUT2D eigenvalue weighted by molar-refractivity contribution is -0.138. The van der Waals surface area contributed by atoms with Crippen molar-refractivity contribution in [3.63, 3.8) is 0 Å². The molecule has 1 unspecified atom stereocenters. The van der Waals surface area contributed by atoms with E-state index >= 15 is 0 Å². The SMILES string of the molecule is Cc1ccc(-c2nc(C(=O)N3CCOC(CN(C)CC(=O)O)C3)cs2)o1. The molecule has 1 saturated heterocycles. The van der Waals surface area contributed by atoms with Crippen LogP contribution in [0.25, 0.3) is 10.8 Å². The Labute approximate surface area is 155 Å². The quantitative estimate of drug-likeness (QED) is 0.814. The first-order valence-electron chi connectivity index (χ1n) is 8.26. The van der Waals surface area contributed by atoms with Gasteiger partial charge in [-0.25, -0.2) is 4.98 Å². The topological polar surface area (TPSA) is 96.1 Å². The lowest BCUT2D eigenvalue weighted by Crippen LogP contribution is -2.49. The van der Waals surface area contributed by atoms with Crippen molar-refractivity contribution in [3.05, 3.63) is 29.0 Å². The first-order valence-corrected chi connectivity index (χ1v) is 9.14. The van der Waals surface area contributed by atoms with Crippen molar-refractivity contribution in [1.82, 2.24) is 14.8 Å². The Morgan fingerprint density at radius 3 is 2.96 bits per heavy atom. The van der Waals surface area contributed by atoms with Gasteiger partial charge < -0.3 is 19.2 Å². The predicted octanol–water partition coefficient (Wildman–Crippen LogP) is 1.57. The molecule has 0 bridgehead atoms. The Kier molecular flexibility index (Phi) is 5.70. The van der Waals surface area contributed by atoms with Gasteiger partial charge in [0.1, 0.15) is 11.5 Å². The van der Waals surface area contributed by atoms with Crippen molar-refractivity contribution in [2.75, 3.05) is 39.8 Å². The molecule has 1 aliphatic heterocycles. The summed E-state index contributed by atoms with van der Waals surface area (Å²) in [5.74, 6) is 0.413. The molecule has 0 spiro atoms. The van der Waals surface area contributed by atoms with E-state index in [0.717, 1.165) is 5.76 Å². The number of ether oxygens (including phenoxy) is 1. The second kappa shape index (κ2) is 7.98. The van der Waals surface area contributed by atoms with E-state index in [1.807, 2.05) is 19.1 Å². The number of aliphatic carboxylic acids is 1. The molecule has 0 aromatic carbocycles. The van der Waals surface area contributed by atoms with E-state index < -0.39 is 5.97 Å². The van der Waals surface area contributed by atoms with Gasteiger partial charge in [-0.05, 0) is 26.1 Å². The first kappa shape index (κ1) is 18.6. The number of nitrogens with zero attached hydrogens (tertiary/aromatic N) is 3. The third-order valence-corrected chi connectivity index (χ3v) is 4.88. The minimum atomic E-state index is -0.889. The van der Waals surface area contributed by atoms with Crippen molar-refractivity contribution < 1.29 is 23.8 Å². The number of aryl methyl sites for hydroxylation is 1. The van der Waals surface area contributed by atoms with E-state index in [-0.39, 0.29) is 18.6 Å². The van der Waals surface area contributed by atoms with E-state index in [0.29, 0.717) is 42.7 Å². The lowest BCUT2D eigenvalue weighted by Gasteiger charge is -2.34. The molecule has 0 aliphatic carbocycles. The Hall–Kier alpha value is -2.23. The number of amides is 1. The van der Waals surface area contributed by atoms with E-state index in [2.05, 4.69) is 4.98 Å². The highest BCUT2D eigenvalue weighted by atomic mass is 32.1. The van der Waals surface area contributed by atoms with Gasteiger partial charge in [0.15, 0.2) is 10.8 Å². The van der Waals surface area contributed by atoms with E-state index in [1.165, 1.54) is 11.3 Å². The molecule has 26 heavy (non-hydrogen) atoms. The molecule has 3 rings (SSSR count). The van der Waals surface area contributed by atoms with Gasteiger partial charge in [-0.3, -0.25) is 14.5 Å². The van der Waals surface area contributed by atoms with Crippen molar-refractivity contribution in [1.29, 1.82) is 0 Å². The number of thiazole rings is 1. The van der Waals surface area contributed by atoms with Gasteiger partial charge in [0.25, 0.3) is 5.91 Å². The molecule has 0 radical (unpaired) electrons. The molecule has 1 N–H and O–H groups in total. The maximum absolute atomic E-state index is 12.7. The normalized spacial score (nSPS) is 17.7. The van der Waals surface area contributed by atoms with Crippen LogP contribution in [0.15, 0.2) is 21.9 Å². The highest BCUT2D eigenvalue weighted by Gasteiger charge is 2.27. The second-order valence-electron chi connectivity index (χ2n) is 6.28. The van der Waals surface area contributed by atoms with E-state index in [1.54, 1.807) is 22.2 Å². The standard InChI is InChI=1S/C17H21N3O5S/c1-11-3-4-14(25-11)16-18-13(10-26-16)17(23)20-5-6-24-12(8-20)7-19(2)9-15(21)22/h3-4,10,12H,5-9H2,1-2H3,(H,21,22). The van der Waals surface area contributed by atoms with E-state index in [4.69, 9.17) is 14.3 Å². The minimum absolute atomic E-state index is 0.0637. The number of aromatic nitrogens is 1. The van der Waals surface area contributed by atoms with Gasteiger partial charge in [-0.1, -0.05) is 0 Å². The first-order chi connectivity index (χ1) is 12.4. The second-order valence-corrected chi connectivity index (χ2v) is 7.14. The molecule has 2 aromatic heterocycles. The fourth-order valence-electron chi connectivity index (χ4n) is 2.85. The van der Waals surface area contributed by atoms with Crippen LogP contribution in [0.4, 0.5) is 0 Å². The maximum Gasteiger partial charge on any atom is 0.317 e. The van der Waals surface area contributed by atoms with Crippen molar-refractivity contribution in [2.45, 2.75) is 13.0 Å². The number of likely N-dealkylation sites (N-methyl/N-ethyl adjacent to an activating group) is 1. The van der Waals surface area contributed by atoms with Crippen LogP contribution >= 0.6 is 11.3 Å². The number of carboxylic acid groups (broad SMARTS) is 1. The number of hydrogen-bond acceptors (Lipinski definition) is 7. The van der Waals surface area contributed by atoms with Gasteiger partial charge >= 0.3 is 5.97 Å². The van der Waals surface area contributed by atoms with Crippen LogP contribution in [-0.4, -0.2) is 77.7 Å². The zero-order chi connectivity index (χ0) is 18.7. The summed E-state index contributed by atoms with van der Waals surface area (Å²) in [6.45, 7) is 3.57. The monoisotopic (exact) mass is 379 g/mol. The summed E-state index contributed by atoms with van der Waals surface area (Å²) in [4.78, 5) is 31.3. The Morgan fingerprint density at radius 2 is 2.27 bits per heavy atom. The number of carbonyl (C=O) groups excluding carboxylic acids is 1. The zero-order valence-corrected chi connectivity index (χ0v) is 15.5. The number of hydrogen-bond donors (Lipinski definition) is 1. The Balaban J connectivity index is 1.62. The van der Waals surface area contributed by atoms with Crippen molar-refractivity contribution in [3.8, 4) is 10.8 Å². The summed E-state index contributed by atoms with van der Waals surface area (Å²) < 4.78 is 11.2. The highest BCUT2D eigenvalue weighted by molar-refractivity contribution is 7.13. The highest BCUT2D eigenvalue weighted by Crippen LogP contribution is 2.26. The fourth-order valence-corrected chi connectivity index (χ4v) is 3.61. The number of rotatable bonds is 6. The average Bonchev–Trinajstić information content (AvgIpc) is 3.22. The lowest BCUT2D eigenvalue weighted by atomic mass is 10.2. The smallest absolute Gasteiger partial charge is 0.317 e. The molecule has 0 saturated carbocycles. The van der Waals surface area contributed by atoms with Gasteiger partial charge in [0.05, 0.1) is 19.3 Å². The summed E-state index contributed by atoms with van der Waals surface area (Å²) in [7, 11) is 1.72. The molecule has 1 fully saturated rings. The van der Waals surface area contributed by atoms with Crippen LogP contribution in [0.5, 0.6) is 0 Å². The largest absolute Gasteiger partial charge is 0.480 e. The summed E-state index contributed by atoms with van der Waals surface area (Å²) in [5, 5.41) is 11.2. The van der Waals surface area contributed by atoms with Gasteiger partial charge in [-0.15, -0.1) is 11.3 Å². The van der Waals surface area contributed by atoms with Crippen LogP contribution in [0.3, 0.4) is 0 Å². The molecule has 1 amide bonds. The van der Waals surface area contributed by atoms with Crippen molar-refractivity contribution >= 4 is 23.2 Å². The Bertz CT molecular complexity index is 787. The molecular weight excluding hydrogens is 358 g/mol. The number of morpholine rings is 1.